The standard InChI is InChI=1S/C23H22BNO2/c1-25(15-18-9-3-7-13-23(18)24(26)27)16-19-14-17-8-2-4-10-20(17)22-12-6-5-11-21(19)22/h2-14,26-27H,15-16H2,1H3. The maximum atomic E-state index is 9.60. The fraction of sp³-hybridized carbons (Fsp3) is 0.130. The zero-order valence-electron chi connectivity index (χ0n) is 15.3. The summed E-state index contributed by atoms with van der Waals surface area (Å²) in [6.07, 6.45) is 0. The van der Waals surface area contributed by atoms with E-state index in [0.717, 1.165) is 12.1 Å². The molecule has 27 heavy (non-hydrogen) atoms. The summed E-state index contributed by atoms with van der Waals surface area (Å²) in [6.45, 7) is 1.43. The smallest absolute Gasteiger partial charge is 0.423 e. The Morgan fingerprint density at radius 2 is 1.30 bits per heavy atom. The van der Waals surface area contributed by atoms with Crippen LogP contribution in [0.4, 0.5) is 0 Å². The first-order valence-electron chi connectivity index (χ1n) is 9.15. The van der Waals surface area contributed by atoms with Crippen LogP contribution in [0.25, 0.3) is 21.5 Å². The summed E-state index contributed by atoms with van der Waals surface area (Å²) in [5.41, 5.74) is 2.77. The lowest BCUT2D eigenvalue weighted by molar-refractivity contribution is 0.320. The Bertz CT molecular complexity index is 1090. The number of benzene rings is 4. The van der Waals surface area contributed by atoms with Gasteiger partial charge in [-0.2, -0.15) is 0 Å². The fourth-order valence-electron chi connectivity index (χ4n) is 3.83. The minimum atomic E-state index is -1.45. The molecule has 4 aromatic rings. The van der Waals surface area contributed by atoms with E-state index in [0.29, 0.717) is 12.0 Å². The number of rotatable bonds is 5. The van der Waals surface area contributed by atoms with Gasteiger partial charge in [-0.1, -0.05) is 72.8 Å². The molecule has 0 aromatic heterocycles. The summed E-state index contributed by atoms with van der Waals surface area (Å²) < 4.78 is 0. The molecule has 0 bridgehead atoms. The molecule has 0 amide bonds. The van der Waals surface area contributed by atoms with Gasteiger partial charge in [0.15, 0.2) is 0 Å². The molecule has 4 rings (SSSR count). The summed E-state index contributed by atoms with van der Waals surface area (Å²) in [7, 11) is 0.612. The molecule has 0 unspecified atom stereocenters. The summed E-state index contributed by atoms with van der Waals surface area (Å²) in [5.74, 6) is 0. The molecule has 3 nitrogen and oxygen atoms in total. The maximum Gasteiger partial charge on any atom is 0.488 e. The molecule has 0 atom stereocenters. The predicted molar refractivity (Wildman–Crippen MR) is 113 cm³/mol. The SMILES string of the molecule is CN(Cc1ccccc1B(O)O)Cc1cc2ccccc2c2ccccc12. The van der Waals surface area contributed by atoms with Crippen LogP contribution in [0.2, 0.25) is 0 Å². The van der Waals surface area contributed by atoms with Crippen LogP contribution in [-0.4, -0.2) is 29.1 Å². The van der Waals surface area contributed by atoms with Crippen LogP contribution in [0.1, 0.15) is 11.1 Å². The third-order valence-electron chi connectivity index (χ3n) is 5.07. The minimum Gasteiger partial charge on any atom is -0.423 e. The van der Waals surface area contributed by atoms with Crippen molar-refractivity contribution >= 4 is 34.1 Å². The average Bonchev–Trinajstić information content (AvgIpc) is 2.68. The van der Waals surface area contributed by atoms with E-state index in [-0.39, 0.29) is 0 Å². The van der Waals surface area contributed by atoms with Gasteiger partial charge in [-0.05, 0) is 51.2 Å². The summed E-state index contributed by atoms with van der Waals surface area (Å²) in [5, 5.41) is 24.3. The van der Waals surface area contributed by atoms with Gasteiger partial charge in [0.05, 0.1) is 0 Å². The zero-order chi connectivity index (χ0) is 18.8. The Kier molecular flexibility index (Phi) is 4.95. The van der Waals surface area contributed by atoms with Gasteiger partial charge in [0, 0.05) is 13.1 Å². The molecule has 0 saturated carbocycles. The monoisotopic (exact) mass is 355 g/mol. The number of nitrogens with zero attached hydrogens (tertiary/aromatic N) is 1. The Morgan fingerprint density at radius 3 is 2.07 bits per heavy atom. The van der Waals surface area contributed by atoms with E-state index < -0.39 is 7.12 Å². The molecule has 134 valence electrons. The van der Waals surface area contributed by atoms with Crippen LogP contribution in [0.3, 0.4) is 0 Å². The molecular formula is C23H22BNO2. The van der Waals surface area contributed by atoms with Crippen LogP contribution >= 0.6 is 0 Å². The van der Waals surface area contributed by atoms with Crippen LogP contribution in [0.15, 0.2) is 78.9 Å². The van der Waals surface area contributed by atoms with E-state index in [4.69, 9.17) is 0 Å². The number of hydrogen-bond acceptors (Lipinski definition) is 3. The molecule has 0 aliphatic heterocycles. The highest BCUT2D eigenvalue weighted by Crippen LogP contribution is 2.29. The Morgan fingerprint density at radius 1 is 0.704 bits per heavy atom. The van der Waals surface area contributed by atoms with Crippen molar-refractivity contribution < 1.29 is 10.0 Å². The lowest BCUT2D eigenvalue weighted by Crippen LogP contribution is -2.34. The molecule has 0 heterocycles. The Hall–Kier alpha value is -2.66. The second kappa shape index (κ2) is 7.53. The zero-order valence-corrected chi connectivity index (χ0v) is 15.3. The van der Waals surface area contributed by atoms with E-state index in [2.05, 4.69) is 66.5 Å². The van der Waals surface area contributed by atoms with Gasteiger partial charge in [0.2, 0.25) is 0 Å². The van der Waals surface area contributed by atoms with E-state index in [1.54, 1.807) is 6.07 Å². The predicted octanol–water partition coefficient (Wildman–Crippen LogP) is 3.30. The average molecular weight is 355 g/mol. The van der Waals surface area contributed by atoms with Gasteiger partial charge >= 0.3 is 7.12 Å². The van der Waals surface area contributed by atoms with Gasteiger partial charge in [-0.15, -0.1) is 0 Å². The Labute approximate surface area is 159 Å². The van der Waals surface area contributed by atoms with Crippen molar-refractivity contribution in [3.05, 3.63) is 90.0 Å². The highest BCUT2D eigenvalue weighted by atomic mass is 16.4. The first kappa shape index (κ1) is 17.7. The quantitative estimate of drug-likeness (QED) is 0.426. The second-order valence-electron chi connectivity index (χ2n) is 7.05. The van der Waals surface area contributed by atoms with E-state index >= 15 is 0 Å². The molecule has 4 aromatic carbocycles. The van der Waals surface area contributed by atoms with Crippen molar-refractivity contribution in [3.8, 4) is 0 Å². The van der Waals surface area contributed by atoms with Gasteiger partial charge < -0.3 is 10.0 Å². The number of hydrogen-bond donors (Lipinski definition) is 2. The first-order valence-corrected chi connectivity index (χ1v) is 9.15. The van der Waals surface area contributed by atoms with Crippen molar-refractivity contribution in [2.45, 2.75) is 13.1 Å². The van der Waals surface area contributed by atoms with Crippen molar-refractivity contribution in [2.24, 2.45) is 0 Å². The molecule has 0 spiro atoms. The normalized spacial score (nSPS) is 11.4. The van der Waals surface area contributed by atoms with Gasteiger partial charge in [0.1, 0.15) is 0 Å². The van der Waals surface area contributed by atoms with Crippen LogP contribution in [-0.2, 0) is 13.1 Å². The molecule has 0 aliphatic rings. The molecule has 2 N–H and O–H groups in total. The summed E-state index contributed by atoms with van der Waals surface area (Å²) >= 11 is 0. The first-order chi connectivity index (χ1) is 13.1. The Balaban J connectivity index is 1.69. The molecule has 4 heteroatoms. The van der Waals surface area contributed by atoms with Crippen LogP contribution < -0.4 is 5.46 Å². The van der Waals surface area contributed by atoms with E-state index in [1.807, 2.05) is 18.2 Å². The highest BCUT2D eigenvalue weighted by Gasteiger charge is 2.16. The molecular weight excluding hydrogens is 333 g/mol. The van der Waals surface area contributed by atoms with E-state index in [1.165, 1.54) is 27.1 Å². The third kappa shape index (κ3) is 3.60. The molecule has 0 aliphatic carbocycles. The largest absolute Gasteiger partial charge is 0.488 e. The van der Waals surface area contributed by atoms with Crippen LogP contribution in [0.5, 0.6) is 0 Å². The van der Waals surface area contributed by atoms with Crippen molar-refractivity contribution in [2.75, 3.05) is 7.05 Å². The molecule has 0 radical (unpaired) electrons. The van der Waals surface area contributed by atoms with Crippen molar-refractivity contribution in [3.63, 3.8) is 0 Å². The van der Waals surface area contributed by atoms with Crippen molar-refractivity contribution in [1.29, 1.82) is 0 Å². The fourth-order valence-corrected chi connectivity index (χ4v) is 3.83. The van der Waals surface area contributed by atoms with Crippen molar-refractivity contribution in [1.82, 2.24) is 4.90 Å². The van der Waals surface area contributed by atoms with E-state index in [9.17, 15) is 10.0 Å². The van der Waals surface area contributed by atoms with Crippen LogP contribution in [0, 0.1) is 0 Å². The van der Waals surface area contributed by atoms with Gasteiger partial charge in [-0.3, -0.25) is 4.90 Å². The lowest BCUT2D eigenvalue weighted by Gasteiger charge is -2.20. The third-order valence-corrected chi connectivity index (χ3v) is 5.07. The second-order valence-corrected chi connectivity index (χ2v) is 7.05. The maximum absolute atomic E-state index is 9.60. The molecule has 0 saturated heterocycles. The number of fused-ring (bicyclic) bond motifs is 3. The van der Waals surface area contributed by atoms with Gasteiger partial charge in [0.25, 0.3) is 0 Å². The highest BCUT2D eigenvalue weighted by molar-refractivity contribution is 6.59. The molecule has 0 fully saturated rings. The lowest BCUT2D eigenvalue weighted by atomic mass is 9.77. The topological polar surface area (TPSA) is 43.7 Å². The summed E-state index contributed by atoms with van der Waals surface area (Å²) in [4.78, 5) is 2.21. The minimum absolute atomic E-state index is 0.563. The van der Waals surface area contributed by atoms with Gasteiger partial charge in [-0.25, -0.2) is 0 Å². The summed E-state index contributed by atoms with van der Waals surface area (Å²) in [6, 6.07) is 26.7.